The zero-order valence-corrected chi connectivity index (χ0v) is 24.7. The van der Waals surface area contributed by atoms with Gasteiger partial charge in [0.1, 0.15) is 0 Å². The molecule has 0 bridgehead atoms. The van der Waals surface area contributed by atoms with Gasteiger partial charge in [-0.25, -0.2) is 4.79 Å². The van der Waals surface area contributed by atoms with Crippen molar-refractivity contribution in [3.63, 3.8) is 0 Å². The number of carbonyl (C=O) groups excluding carboxylic acids is 3. The Hall–Kier alpha value is -5.46. The van der Waals surface area contributed by atoms with Crippen LogP contribution in [0.1, 0.15) is 46.8 Å². The number of non-ortho nitro benzene ring substituents is 1. The molecule has 4 N–H and O–H groups in total. The molecule has 1 aliphatic carbocycles. The van der Waals surface area contributed by atoms with Gasteiger partial charge in [0.15, 0.2) is 0 Å². The van der Waals surface area contributed by atoms with Gasteiger partial charge < -0.3 is 30.9 Å². The molecule has 3 aromatic rings. The number of carboxylic acids is 1. The molecule has 4 amide bonds. The Labute approximate surface area is 259 Å². The number of aliphatic carboxylic acids is 1. The highest BCUT2D eigenvalue weighted by atomic mass is 16.6. The minimum absolute atomic E-state index is 0.117. The van der Waals surface area contributed by atoms with Gasteiger partial charge in [0.25, 0.3) is 11.6 Å². The zero-order valence-electron chi connectivity index (χ0n) is 24.7. The average molecular weight is 615 g/mol. The molecule has 13 nitrogen and oxygen atoms in total. The molecule has 1 saturated carbocycles. The lowest BCUT2D eigenvalue weighted by molar-refractivity contribution is -0.384. The Balaban J connectivity index is 1.36. The molecule has 234 valence electrons. The van der Waals surface area contributed by atoms with Crippen LogP contribution < -0.4 is 20.9 Å². The fourth-order valence-electron chi connectivity index (χ4n) is 5.23. The molecule has 2 aliphatic rings. The second-order valence-electron chi connectivity index (χ2n) is 11.2. The number of carboxylic acid groups (broad SMARTS) is 1. The van der Waals surface area contributed by atoms with E-state index in [9.17, 15) is 34.4 Å². The third kappa shape index (κ3) is 7.93. The third-order valence-corrected chi connectivity index (χ3v) is 7.87. The number of urea groups is 1. The van der Waals surface area contributed by atoms with Crippen LogP contribution in [0.5, 0.6) is 0 Å². The van der Waals surface area contributed by atoms with Crippen molar-refractivity contribution in [2.75, 3.05) is 41.7 Å². The summed E-state index contributed by atoms with van der Waals surface area (Å²) in [4.78, 5) is 65.0. The van der Waals surface area contributed by atoms with Crippen LogP contribution in [0.4, 0.5) is 27.5 Å². The van der Waals surface area contributed by atoms with E-state index in [-0.39, 0.29) is 29.5 Å². The molecule has 0 radical (unpaired) electrons. The van der Waals surface area contributed by atoms with Gasteiger partial charge in [0.05, 0.1) is 28.8 Å². The van der Waals surface area contributed by atoms with E-state index in [2.05, 4.69) is 16.0 Å². The summed E-state index contributed by atoms with van der Waals surface area (Å²) in [7, 11) is 0. The number of hydrogen-bond acceptors (Lipinski definition) is 7. The number of benzene rings is 3. The molecule has 5 rings (SSSR count). The van der Waals surface area contributed by atoms with Crippen molar-refractivity contribution in [1.82, 2.24) is 10.2 Å². The Bertz CT molecular complexity index is 1600. The molecule has 0 aromatic heterocycles. The molecule has 0 spiro atoms. The maximum atomic E-state index is 13.4. The van der Waals surface area contributed by atoms with Gasteiger partial charge in [-0.15, -0.1) is 0 Å². The predicted molar refractivity (Wildman–Crippen MR) is 167 cm³/mol. The number of amides is 4. The predicted octanol–water partition coefficient (Wildman–Crippen LogP) is 4.55. The van der Waals surface area contributed by atoms with Crippen molar-refractivity contribution < 1.29 is 29.2 Å². The summed E-state index contributed by atoms with van der Waals surface area (Å²) in [5.74, 6) is -1.29. The van der Waals surface area contributed by atoms with Crippen LogP contribution in [-0.4, -0.2) is 64.9 Å². The van der Waals surface area contributed by atoms with Gasteiger partial charge in [-0.05, 0) is 55.7 Å². The number of piperazine rings is 1. The Morgan fingerprint density at radius 1 is 0.933 bits per heavy atom. The van der Waals surface area contributed by atoms with Crippen LogP contribution in [-0.2, 0) is 9.59 Å². The largest absolute Gasteiger partial charge is 0.481 e. The molecule has 1 atom stereocenters. The molecule has 2 fully saturated rings. The number of nitro groups is 1. The van der Waals surface area contributed by atoms with Crippen molar-refractivity contribution in [2.24, 2.45) is 5.92 Å². The fourth-order valence-corrected chi connectivity index (χ4v) is 5.23. The molecule has 1 aliphatic heterocycles. The van der Waals surface area contributed by atoms with Crippen molar-refractivity contribution >= 4 is 46.6 Å². The molecule has 1 saturated heterocycles. The number of anilines is 3. The number of hydrogen-bond donors (Lipinski definition) is 4. The lowest BCUT2D eigenvalue weighted by Crippen LogP contribution is -2.49. The third-order valence-electron chi connectivity index (χ3n) is 7.87. The van der Waals surface area contributed by atoms with E-state index in [0.29, 0.717) is 48.8 Å². The fraction of sp³-hybridized carbons (Fsp3) is 0.312. The Morgan fingerprint density at radius 2 is 1.60 bits per heavy atom. The first-order chi connectivity index (χ1) is 21.6. The van der Waals surface area contributed by atoms with Crippen LogP contribution in [0.25, 0.3) is 0 Å². The molecule has 45 heavy (non-hydrogen) atoms. The lowest BCUT2D eigenvalue weighted by Gasteiger charge is -2.37. The highest BCUT2D eigenvalue weighted by Crippen LogP contribution is 2.33. The van der Waals surface area contributed by atoms with Gasteiger partial charge >= 0.3 is 12.0 Å². The van der Waals surface area contributed by atoms with Crippen LogP contribution >= 0.6 is 0 Å². The number of rotatable bonds is 10. The topological polar surface area (TPSA) is 174 Å². The van der Waals surface area contributed by atoms with E-state index in [0.717, 1.165) is 18.4 Å². The SMILES string of the molecule is Cc1ccc(C(CC(=O)O)NC(=O)c2ccc(N3CCN(C(=O)C4CC4)CC3)c(NC(=O)Nc3ccc([N+](=O)[O-])cc3)c2)cc1. The van der Waals surface area contributed by atoms with Gasteiger partial charge in [0, 0.05) is 55.5 Å². The quantitative estimate of drug-likeness (QED) is 0.190. The first kappa shape index (κ1) is 31.0. The normalized spacial score (nSPS) is 15.1. The second-order valence-corrected chi connectivity index (χ2v) is 11.2. The first-order valence-corrected chi connectivity index (χ1v) is 14.7. The highest BCUT2D eigenvalue weighted by Gasteiger charge is 2.35. The lowest BCUT2D eigenvalue weighted by atomic mass is 10.0. The van der Waals surface area contributed by atoms with Crippen LogP contribution in [0, 0.1) is 23.0 Å². The maximum Gasteiger partial charge on any atom is 0.323 e. The number of nitrogens with one attached hydrogen (secondary N) is 3. The monoisotopic (exact) mass is 614 g/mol. The molecular formula is C32H34N6O7. The van der Waals surface area contributed by atoms with E-state index in [1.807, 2.05) is 28.9 Å². The van der Waals surface area contributed by atoms with E-state index < -0.39 is 28.9 Å². The van der Waals surface area contributed by atoms with Crippen molar-refractivity contribution in [1.29, 1.82) is 0 Å². The van der Waals surface area contributed by atoms with E-state index in [4.69, 9.17) is 0 Å². The number of carbonyl (C=O) groups is 4. The van der Waals surface area contributed by atoms with Gasteiger partial charge in [-0.3, -0.25) is 24.5 Å². The molecular weight excluding hydrogens is 580 g/mol. The van der Waals surface area contributed by atoms with Gasteiger partial charge in [0.2, 0.25) is 5.91 Å². The van der Waals surface area contributed by atoms with Crippen molar-refractivity contribution in [3.8, 4) is 0 Å². The minimum atomic E-state index is -1.07. The standard InChI is InChI=1S/C32H34N6O7/c1-20-2-4-21(5-3-20)26(19-29(39)40)34-30(41)23-8-13-28(36-14-16-37(17-15-36)31(42)22-6-7-22)27(18-23)35-32(43)33-24-9-11-25(12-10-24)38(44)45/h2-5,8-13,18,22,26H,6-7,14-17,19H2,1H3,(H,34,41)(H,39,40)(H2,33,35,43). The average Bonchev–Trinajstić information content (AvgIpc) is 3.87. The van der Waals surface area contributed by atoms with Gasteiger partial charge in [-0.1, -0.05) is 29.8 Å². The second kappa shape index (κ2) is 13.5. The maximum absolute atomic E-state index is 13.4. The van der Waals surface area contributed by atoms with Crippen LogP contribution in [0.2, 0.25) is 0 Å². The summed E-state index contributed by atoms with van der Waals surface area (Å²) in [6.07, 6.45) is 1.54. The smallest absolute Gasteiger partial charge is 0.323 e. The minimum Gasteiger partial charge on any atom is -0.481 e. The number of aryl methyl sites for hydroxylation is 1. The zero-order chi connectivity index (χ0) is 32.1. The Kier molecular flexibility index (Phi) is 9.26. The molecule has 13 heteroatoms. The summed E-state index contributed by atoms with van der Waals surface area (Å²) in [5, 5.41) is 28.7. The summed E-state index contributed by atoms with van der Waals surface area (Å²) in [6, 6.07) is 16.0. The van der Waals surface area contributed by atoms with E-state index in [1.165, 1.54) is 30.3 Å². The summed E-state index contributed by atoms with van der Waals surface area (Å²) >= 11 is 0. The van der Waals surface area contributed by atoms with E-state index in [1.54, 1.807) is 24.3 Å². The molecule has 1 unspecified atom stereocenters. The summed E-state index contributed by atoms with van der Waals surface area (Å²) in [6.45, 7) is 4.01. The summed E-state index contributed by atoms with van der Waals surface area (Å²) < 4.78 is 0. The molecule has 3 aromatic carbocycles. The van der Waals surface area contributed by atoms with Crippen LogP contribution in [0.15, 0.2) is 66.7 Å². The Morgan fingerprint density at radius 3 is 2.20 bits per heavy atom. The molecule has 1 heterocycles. The van der Waals surface area contributed by atoms with Gasteiger partial charge in [-0.2, -0.15) is 0 Å². The van der Waals surface area contributed by atoms with Crippen LogP contribution in [0.3, 0.4) is 0 Å². The van der Waals surface area contributed by atoms with Crippen molar-refractivity contribution in [2.45, 2.75) is 32.2 Å². The number of nitrogens with zero attached hydrogens (tertiary/aromatic N) is 3. The van der Waals surface area contributed by atoms with E-state index >= 15 is 0 Å². The summed E-state index contributed by atoms with van der Waals surface area (Å²) in [5.41, 5.74) is 3.03. The highest BCUT2D eigenvalue weighted by molar-refractivity contribution is 6.04. The first-order valence-electron chi connectivity index (χ1n) is 14.7. The van der Waals surface area contributed by atoms with Crippen molar-refractivity contribution in [3.05, 3.63) is 93.5 Å². The number of nitro benzene ring substituents is 1.